The summed E-state index contributed by atoms with van der Waals surface area (Å²) in [5, 5.41) is 5.98. The third-order valence-corrected chi connectivity index (χ3v) is 3.16. The summed E-state index contributed by atoms with van der Waals surface area (Å²) < 4.78 is 0. The molecule has 1 amide bonds. The van der Waals surface area contributed by atoms with Crippen LogP contribution in [0.4, 0.5) is 5.69 Å². The number of anilines is 1. The first-order valence-corrected chi connectivity index (χ1v) is 6.10. The van der Waals surface area contributed by atoms with E-state index in [1.165, 1.54) is 0 Å². The van der Waals surface area contributed by atoms with E-state index in [2.05, 4.69) is 31.4 Å². The second kappa shape index (κ2) is 6.28. The van der Waals surface area contributed by atoms with Crippen molar-refractivity contribution >= 4 is 11.6 Å². The Morgan fingerprint density at radius 2 is 1.76 bits per heavy atom. The molecule has 0 fully saturated rings. The lowest BCUT2D eigenvalue weighted by molar-refractivity contribution is 0.0945. The Morgan fingerprint density at radius 3 is 2.24 bits per heavy atom. The standard InChI is InChI=1S/C14H22N2O/c1-10(2)11(3)9-16-14(17)12-5-7-13(15-4)8-6-12/h5-8,10-11,15H,9H2,1-4H3,(H,16,17). The van der Waals surface area contributed by atoms with E-state index in [9.17, 15) is 4.79 Å². The summed E-state index contributed by atoms with van der Waals surface area (Å²) in [4.78, 5) is 11.8. The van der Waals surface area contributed by atoms with Gasteiger partial charge in [0.1, 0.15) is 0 Å². The van der Waals surface area contributed by atoms with Gasteiger partial charge in [-0.3, -0.25) is 4.79 Å². The minimum Gasteiger partial charge on any atom is -0.388 e. The predicted octanol–water partition coefficient (Wildman–Crippen LogP) is 2.75. The fraction of sp³-hybridized carbons (Fsp3) is 0.500. The van der Waals surface area contributed by atoms with E-state index in [-0.39, 0.29) is 5.91 Å². The van der Waals surface area contributed by atoms with Crippen molar-refractivity contribution < 1.29 is 4.79 Å². The van der Waals surface area contributed by atoms with Crippen molar-refractivity contribution in [1.82, 2.24) is 5.32 Å². The van der Waals surface area contributed by atoms with Gasteiger partial charge in [0.15, 0.2) is 0 Å². The number of hydrogen-bond donors (Lipinski definition) is 2. The number of carbonyl (C=O) groups excluding carboxylic acids is 1. The second-order valence-corrected chi connectivity index (χ2v) is 4.76. The van der Waals surface area contributed by atoms with Gasteiger partial charge in [0, 0.05) is 24.8 Å². The van der Waals surface area contributed by atoms with Gasteiger partial charge in [-0.25, -0.2) is 0 Å². The Morgan fingerprint density at radius 1 is 1.18 bits per heavy atom. The van der Waals surface area contributed by atoms with Crippen LogP contribution in [0.2, 0.25) is 0 Å². The van der Waals surface area contributed by atoms with Crippen LogP contribution >= 0.6 is 0 Å². The van der Waals surface area contributed by atoms with Gasteiger partial charge < -0.3 is 10.6 Å². The molecule has 0 radical (unpaired) electrons. The molecule has 0 aliphatic carbocycles. The molecule has 3 heteroatoms. The minimum atomic E-state index is 0.000142. The molecule has 0 saturated heterocycles. The number of nitrogens with one attached hydrogen (secondary N) is 2. The fourth-order valence-electron chi connectivity index (χ4n) is 1.38. The molecule has 0 aliphatic rings. The monoisotopic (exact) mass is 234 g/mol. The van der Waals surface area contributed by atoms with Gasteiger partial charge in [0.25, 0.3) is 5.91 Å². The first-order chi connectivity index (χ1) is 8.04. The van der Waals surface area contributed by atoms with Crippen molar-refractivity contribution in [1.29, 1.82) is 0 Å². The van der Waals surface area contributed by atoms with Crippen LogP contribution in [0.15, 0.2) is 24.3 Å². The van der Waals surface area contributed by atoms with E-state index in [1.807, 2.05) is 31.3 Å². The van der Waals surface area contributed by atoms with Gasteiger partial charge in [0.05, 0.1) is 0 Å². The van der Waals surface area contributed by atoms with Gasteiger partial charge in [-0.05, 0) is 36.1 Å². The molecule has 3 nitrogen and oxygen atoms in total. The summed E-state index contributed by atoms with van der Waals surface area (Å²) in [6.07, 6.45) is 0. The van der Waals surface area contributed by atoms with E-state index < -0.39 is 0 Å². The largest absolute Gasteiger partial charge is 0.388 e. The molecule has 0 saturated carbocycles. The topological polar surface area (TPSA) is 41.1 Å². The molecule has 2 N–H and O–H groups in total. The lowest BCUT2D eigenvalue weighted by Gasteiger charge is -2.16. The Kier molecular flexibility index (Phi) is 5.01. The Hall–Kier alpha value is -1.51. The van der Waals surface area contributed by atoms with Crippen LogP contribution in [0.1, 0.15) is 31.1 Å². The molecule has 17 heavy (non-hydrogen) atoms. The maximum absolute atomic E-state index is 11.8. The first-order valence-electron chi connectivity index (χ1n) is 6.10. The molecule has 1 aromatic rings. The fourth-order valence-corrected chi connectivity index (χ4v) is 1.38. The summed E-state index contributed by atoms with van der Waals surface area (Å²) in [6.45, 7) is 7.20. The van der Waals surface area contributed by atoms with Gasteiger partial charge in [-0.1, -0.05) is 20.8 Å². The number of hydrogen-bond acceptors (Lipinski definition) is 2. The van der Waals surface area contributed by atoms with Crippen molar-refractivity contribution in [2.75, 3.05) is 18.9 Å². The molecule has 1 rings (SSSR count). The Labute approximate surface area is 104 Å². The van der Waals surface area contributed by atoms with E-state index >= 15 is 0 Å². The quantitative estimate of drug-likeness (QED) is 0.822. The molecule has 0 heterocycles. The van der Waals surface area contributed by atoms with E-state index in [1.54, 1.807) is 0 Å². The van der Waals surface area contributed by atoms with Crippen LogP contribution in [-0.2, 0) is 0 Å². The smallest absolute Gasteiger partial charge is 0.251 e. The summed E-state index contributed by atoms with van der Waals surface area (Å²) in [5.41, 5.74) is 1.72. The molecule has 1 atom stereocenters. The number of amides is 1. The average molecular weight is 234 g/mol. The Balaban J connectivity index is 2.52. The van der Waals surface area contributed by atoms with Crippen LogP contribution in [0.3, 0.4) is 0 Å². The summed E-state index contributed by atoms with van der Waals surface area (Å²) in [5.74, 6) is 1.08. The maximum atomic E-state index is 11.8. The molecular formula is C14H22N2O. The first kappa shape index (κ1) is 13.6. The summed E-state index contributed by atoms with van der Waals surface area (Å²) in [7, 11) is 1.86. The molecule has 1 unspecified atom stereocenters. The van der Waals surface area contributed by atoms with E-state index in [0.29, 0.717) is 17.4 Å². The van der Waals surface area contributed by atoms with Crippen LogP contribution in [-0.4, -0.2) is 19.5 Å². The van der Waals surface area contributed by atoms with Crippen molar-refractivity contribution in [3.63, 3.8) is 0 Å². The van der Waals surface area contributed by atoms with Crippen LogP contribution in [0.5, 0.6) is 0 Å². The van der Waals surface area contributed by atoms with Crippen LogP contribution in [0.25, 0.3) is 0 Å². The Bertz CT molecular complexity index is 357. The highest BCUT2D eigenvalue weighted by molar-refractivity contribution is 5.94. The van der Waals surface area contributed by atoms with Gasteiger partial charge in [-0.2, -0.15) is 0 Å². The number of rotatable bonds is 5. The molecule has 0 aliphatic heterocycles. The highest BCUT2D eigenvalue weighted by Crippen LogP contribution is 2.10. The van der Waals surface area contributed by atoms with E-state index in [4.69, 9.17) is 0 Å². The molecule has 0 aromatic heterocycles. The van der Waals surface area contributed by atoms with Gasteiger partial charge >= 0.3 is 0 Å². The zero-order valence-corrected chi connectivity index (χ0v) is 11.1. The van der Waals surface area contributed by atoms with Crippen LogP contribution < -0.4 is 10.6 Å². The molecule has 94 valence electrons. The number of benzene rings is 1. The van der Waals surface area contributed by atoms with Crippen LogP contribution in [0, 0.1) is 11.8 Å². The highest BCUT2D eigenvalue weighted by atomic mass is 16.1. The molecule has 1 aromatic carbocycles. The van der Waals surface area contributed by atoms with Gasteiger partial charge in [-0.15, -0.1) is 0 Å². The lowest BCUT2D eigenvalue weighted by Crippen LogP contribution is -2.30. The average Bonchev–Trinajstić information content (AvgIpc) is 2.35. The maximum Gasteiger partial charge on any atom is 0.251 e. The second-order valence-electron chi connectivity index (χ2n) is 4.76. The molecule has 0 spiro atoms. The van der Waals surface area contributed by atoms with Crippen molar-refractivity contribution in [2.45, 2.75) is 20.8 Å². The normalized spacial score (nSPS) is 12.3. The van der Waals surface area contributed by atoms with Crippen molar-refractivity contribution in [3.8, 4) is 0 Å². The number of carbonyl (C=O) groups is 1. The third-order valence-electron chi connectivity index (χ3n) is 3.16. The summed E-state index contributed by atoms with van der Waals surface area (Å²) >= 11 is 0. The van der Waals surface area contributed by atoms with Gasteiger partial charge in [0.2, 0.25) is 0 Å². The van der Waals surface area contributed by atoms with E-state index in [0.717, 1.165) is 12.2 Å². The molecule has 0 bridgehead atoms. The summed E-state index contributed by atoms with van der Waals surface area (Å²) in [6, 6.07) is 7.48. The molecular weight excluding hydrogens is 212 g/mol. The zero-order chi connectivity index (χ0) is 12.8. The SMILES string of the molecule is CNc1ccc(C(=O)NCC(C)C(C)C)cc1. The zero-order valence-electron chi connectivity index (χ0n) is 11.1. The highest BCUT2D eigenvalue weighted by Gasteiger charge is 2.10. The lowest BCUT2D eigenvalue weighted by atomic mass is 9.98. The minimum absolute atomic E-state index is 0.000142. The third kappa shape index (κ3) is 4.10. The predicted molar refractivity (Wildman–Crippen MR) is 72.3 cm³/mol. The van der Waals surface area contributed by atoms with Crippen molar-refractivity contribution in [3.05, 3.63) is 29.8 Å². The van der Waals surface area contributed by atoms with Crippen molar-refractivity contribution in [2.24, 2.45) is 11.8 Å².